The van der Waals surface area contributed by atoms with Gasteiger partial charge in [-0.15, -0.1) is 0 Å². The van der Waals surface area contributed by atoms with E-state index in [2.05, 4.69) is 42.2 Å². The number of nitrogens with two attached hydrogens (primary N) is 1. The van der Waals surface area contributed by atoms with Gasteiger partial charge < -0.3 is 5.73 Å². The van der Waals surface area contributed by atoms with E-state index in [1.54, 1.807) is 18.0 Å². The van der Waals surface area contributed by atoms with Crippen molar-refractivity contribution in [2.75, 3.05) is 5.73 Å². The number of hydrogen-bond acceptors (Lipinski definition) is 3. The summed E-state index contributed by atoms with van der Waals surface area (Å²) >= 11 is 1.69. The summed E-state index contributed by atoms with van der Waals surface area (Å²) in [5.41, 5.74) is 9.05. The van der Waals surface area contributed by atoms with Crippen LogP contribution in [0.2, 0.25) is 0 Å². The number of fused-ring (bicyclic) bond motifs is 1. The summed E-state index contributed by atoms with van der Waals surface area (Å²) in [5, 5.41) is 1.10. The van der Waals surface area contributed by atoms with E-state index in [1.165, 1.54) is 10.5 Å². The van der Waals surface area contributed by atoms with E-state index in [-0.39, 0.29) is 0 Å². The highest BCUT2D eigenvalue weighted by molar-refractivity contribution is 7.99. The maximum atomic E-state index is 6.08. The SMILES string of the molecule is Cc1ccc(Sc2c(N)cnc3ccccc23)cc1. The van der Waals surface area contributed by atoms with Crippen LogP contribution in [0.1, 0.15) is 5.56 Å². The molecular weight excluding hydrogens is 252 g/mol. The molecule has 0 fully saturated rings. The van der Waals surface area contributed by atoms with Crippen molar-refractivity contribution in [3.8, 4) is 0 Å². The van der Waals surface area contributed by atoms with E-state index >= 15 is 0 Å². The molecule has 94 valence electrons. The second-order valence-corrected chi connectivity index (χ2v) is 5.56. The predicted octanol–water partition coefficient (Wildman–Crippen LogP) is 4.28. The standard InChI is InChI=1S/C16H14N2S/c1-11-6-8-12(9-7-11)19-16-13-4-2-3-5-15(13)18-10-14(16)17/h2-10H,17H2,1H3. The molecule has 3 aromatic rings. The molecule has 1 heterocycles. The fourth-order valence-corrected chi connectivity index (χ4v) is 2.93. The highest BCUT2D eigenvalue weighted by Crippen LogP contribution is 2.36. The Morgan fingerprint density at radius 1 is 1.00 bits per heavy atom. The highest BCUT2D eigenvalue weighted by Gasteiger charge is 2.08. The van der Waals surface area contributed by atoms with Crippen molar-refractivity contribution >= 4 is 28.4 Å². The quantitative estimate of drug-likeness (QED) is 0.752. The van der Waals surface area contributed by atoms with Crippen molar-refractivity contribution in [1.29, 1.82) is 0 Å². The molecule has 0 amide bonds. The number of para-hydroxylation sites is 1. The van der Waals surface area contributed by atoms with Crippen LogP contribution in [0, 0.1) is 6.92 Å². The van der Waals surface area contributed by atoms with Gasteiger partial charge in [0.15, 0.2) is 0 Å². The molecule has 0 radical (unpaired) electrons. The number of pyridine rings is 1. The Kier molecular flexibility index (Phi) is 3.13. The Balaban J connectivity index is 2.09. The average Bonchev–Trinajstić information content (AvgIpc) is 2.44. The van der Waals surface area contributed by atoms with E-state index in [0.717, 1.165) is 21.5 Å². The van der Waals surface area contributed by atoms with Crippen molar-refractivity contribution in [2.45, 2.75) is 16.7 Å². The van der Waals surface area contributed by atoms with Gasteiger partial charge in [0.05, 0.1) is 17.4 Å². The Labute approximate surface area is 116 Å². The minimum absolute atomic E-state index is 0.726. The van der Waals surface area contributed by atoms with Gasteiger partial charge in [-0.2, -0.15) is 0 Å². The van der Waals surface area contributed by atoms with Crippen molar-refractivity contribution in [2.24, 2.45) is 0 Å². The summed E-state index contributed by atoms with van der Waals surface area (Å²) < 4.78 is 0. The van der Waals surface area contributed by atoms with E-state index in [0.29, 0.717) is 0 Å². The monoisotopic (exact) mass is 266 g/mol. The summed E-state index contributed by atoms with van der Waals surface area (Å²) in [5.74, 6) is 0. The van der Waals surface area contributed by atoms with Crippen LogP contribution in [-0.2, 0) is 0 Å². The van der Waals surface area contributed by atoms with E-state index < -0.39 is 0 Å². The zero-order chi connectivity index (χ0) is 13.2. The van der Waals surface area contributed by atoms with E-state index in [4.69, 9.17) is 5.73 Å². The van der Waals surface area contributed by atoms with Gasteiger partial charge in [0, 0.05) is 15.2 Å². The molecule has 2 aromatic carbocycles. The van der Waals surface area contributed by atoms with Crippen LogP contribution in [-0.4, -0.2) is 4.98 Å². The summed E-state index contributed by atoms with van der Waals surface area (Å²) in [4.78, 5) is 6.63. The second kappa shape index (κ2) is 4.94. The van der Waals surface area contributed by atoms with Crippen LogP contribution in [0.3, 0.4) is 0 Å². The van der Waals surface area contributed by atoms with Crippen molar-refractivity contribution in [1.82, 2.24) is 4.98 Å². The number of anilines is 1. The summed E-state index contributed by atoms with van der Waals surface area (Å²) in [7, 11) is 0. The first-order chi connectivity index (χ1) is 9.24. The Hall–Kier alpha value is -2.00. The molecule has 1 aromatic heterocycles. The number of hydrogen-bond donors (Lipinski definition) is 1. The molecule has 0 unspecified atom stereocenters. The molecule has 2 N–H and O–H groups in total. The summed E-state index contributed by atoms with van der Waals surface area (Å²) in [6.45, 7) is 2.09. The van der Waals surface area contributed by atoms with Crippen LogP contribution in [0.5, 0.6) is 0 Å². The van der Waals surface area contributed by atoms with Gasteiger partial charge in [0.1, 0.15) is 0 Å². The van der Waals surface area contributed by atoms with Gasteiger partial charge in [-0.3, -0.25) is 4.98 Å². The zero-order valence-electron chi connectivity index (χ0n) is 10.6. The topological polar surface area (TPSA) is 38.9 Å². The molecule has 0 aliphatic rings. The minimum Gasteiger partial charge on any atom is -0.397 e. The first-order valence-electron chi connectivity index (χ1n) is 6.12. The third kappa shape index (κ3) is 2.42. The lowest BCUT2D eigenvalue weighted by atomic mass is 10.2. The first-order valence-corrected chi connectivity index (χ1v) is 6.93. The van der Waals surface area contributed by atoms with Crippen molar-refractivity contribution in [3.05, 3.63) is 60.3 Å². The van der Waals surface area contributed by atoms with Gasteiger partial charge in [-0.25, -0.2) is 0 Å². The number of rotatable bonds is 2. The van der Waals surface area contributed by atoms with E-state index in [9.17, 15) is 0 Å². The average molecular weight is 266 g/mol. The van der Waals surface area contributed by atoms with E-state index in [1.807, 2.05) is 18.2 Å². The Bertz CT molecular complexity index is 720. The minimum atomic E-state index is 0.726. The lowest BCUT2D eigenvalue weighted by molar-refractivity contribution is 1.34. The number of aromatic nitrogens is 1. The lowest BCUT2D eigenvalue weighted by Crippen LogP contribution is -1.92. The fourth-order valence-electron chi connectivity index (χ4n) is 1.97. The molecule has 3 rings (SSSR count). The van der Waals surface area contributed by atoms with Crippen LogP contribution in [0.15, 0.2) is 64.5 Å². The molecule has 0 aliphatic heterocycles. The maximum Gasteiger partial charge on any atom is 0.0715 e. The van der Waals surface area contributed by atoms with Crippen LogP contribution in [0.4, 0.5) is 5.69 Å². The summed E-state index contributed by atoms with van der Waals surface area (Å²) in [6.07, 6.45) is 1.73. The molecule has 0 saturated heterocycles. The van der Waals surface area contributed by atoms with Crippen LogP contribution >= 0.6 is 11.8 Å². The predicted molar refractivity (Wildman–Crippen MR) is 81.5 cm³/mol. The highest BCUT2D eigenvalue weighted by atomic mass is 32.2. The molecule has 2 nitrogen and oxygen atoms in total. The normalized spacial score (nSPS) is 10.8. The van der Waals surface area contributed by atoms with Crippen molar-refractivity contribution in [3.63, 3.8) is 0 Å². The van der Waals surface area contributed by atoms with Crippen LogP contribution in [0.25, 0.3) is 10.9 Å². The third-order valence-electron chi connectivity index (χ3n) is 2.99. The molecule has 0 saturated carbocycles. The van der Waals surface area contributed by atoms with Gasteiger partial charge >= 0.3 is 0 Å². The molecule has 3 heteroatoms. The van der Waals surface area contributed by atoms with Gasteiger partial charge in [0.2, 0.25) is 0 Å². The number of nitrogen functional groups attached to an aromatic ring is 1. The van der Waals surface area contributed by atoms with Crippen molar-refractivity contribution < 1.29 is 0 Å². The second-order valence-electron chi connectivity index (χ2n) is 4.47. The number of benzene rings is 2. The Morgan fingerprint density at radius 3 is 2.53 bits per heavy atom. The first kappa shape index (κ1) is 12.1. The summed E-state index contributed by atoms with van der Waals surface area (Å²) in [6, 6.07) is 16.5. The van der Waals surface area contributed by atoms with Gasteiger partial charge in [0.25, 0.3) is 0 Å². The fraction of sp³-hybridized carbons (Fsp3) is 0.0625. The van der Waals surface area contributed by atoms with Gasteiger partial charge in [-0.1, -0.05) is 47.7 Å². The molecule has 0 aliphatic carbocycles. The molecular formula is C16H14N2S. The maximum absolute atomic E-state index is 6.08. The molecule has 0 spiro atoms. The molecule has 0 bridgehead atoms. The molecule has 19 heavy (non-hydrogen) atoms. The van der Waals surface area contributed by atoms with Gasteiger partial charge in [-0.05, 0) is 25.1 Å². The largest absolute Gasteiger partial charge is 0.397 e. The van der Waals surface area contributed by atoms with Crippen LogP contribution < -0.4 is 5.73 Å². The number of aryl methyl sites for hydroxylation is 1. The molecule has 0 atom stereocenters. The number of nitrogens with zero attached hydrogens (tertiary/aromatic N) is 1. The smallest absolute Gasteiger partial charge is 0.0715 e. The lowest BCUT2D eigenvalue weighted by Gasteiger charge is -2.09. The third-order valence-corrected chi connectivity index (χ3v) is 4.16. The zero-order valence-corrected chi connectivity index (χ0v) is 11.4. The Morgan fingerprint density at radius 2 is 1.74 bits per heavy atom.